The molecule has 1 aliphatic heterocycles. The van der Waals surface area contributed by atoms with Crippen molar-refractivity contribution in [1.82, 2.24) is 19.8 Å². The molecular formula is C19H21FN4O2. The average molecular weight is 356 g/mol. The molecule has 6 nitrogen and oxygen atoms in total. The van der Waals surface area contributed by atoms with E-state index in [4.69, 9.17) is 0 Å². The van der Waals surface area contributed by atoms with Gasteiger partial charge in [-0.3, -0.25) is 9.59 Å². The van der Waals surface area contributed by atoms with E-state index in [1.807, 2.05) is 9.47 Å². The van der Waals surface area contributed by atoms with Gasteiger partial charge in [0.15, 0.2) is 5.82 Å². The first-order valence-corrected chi connectivity index (χ1v) is 8.91. The Morgan fingerprint density at radius 1 is 1.35 bits per heavy atom. The summed E-state index contributed by atoms with van der Waals surface area (Å²) in [4.78, 5) is 31.0. The minimum absolute atomic E-state index is 0.0404. The van der Waals surface area contributed by atoms with Crippen molar-refractivity contribution >= 4 is 11.8 Å². The van der Waals surface area contributed by atoms with Crippen LogP contribution in [0.1, 0.15) is 45.1 Å². The Balaban J connectivity index is 1.41. The molecular weight excluding hydrogens is 335 g/mol. The van der Waals surface area contributed by atoms with Crippen LogP contribution in [0.4, 0.5) is 4.39 Å². The van der Waals surface area contributed by atoms with Crippen molar-refractivity contribution in [1.29, 1.82) is 0 Å². The van der Waals surface area contributed by atoms with E-state index >= 15 is 0 Å². The number of aryl methyl sites for hydroxylation is 1. The maximum Gasteiger partial charge on any atom is 0.289 e. The molecule has 2 heterocycles. The maximum absolute atomic E-state index is 13.6. The van der Waals surface area contributed by atoms with Gasteiger partial charge < -0.3 is 14.8 Å². The van der Waals surface area contributed by atoms with Crippen LogP contribution in [0.5, 0.6) is 0 Å². The zero-order chi connectivity index (χ0) is 18.3. The molecule has 0 bridgehead atoms. The van der Waals surface area contributed by atoms with Crippen LogP contribution in [-0.4, -0.2) is 39.4 Å². The Kier molecular flexibility index (Phi) is 4.22. The Hall–Kier alpha value is -2.70. The van der Waals surface area contributed by atoms with Crippen molar-refractivity contribution < 1.29 is 14.0 Å². The fraction of sp³-hybridized carbons (Fsp3) is 0.421. The number of imidazole rings is 1. The maximum atomic E-state index is 13.6. The van der Waals surface area contributed by atoms with E-state index in [9.17, 15) is 14.0 Å². The summed E-state index contributed by atoms with van der Waals surface area (Å²) < 4.78 is 15.4. The SMILES string of the molecule is Cc1ccc(C(=O)NCc2cn3c(n2)C(=O)N(CC2CC2)CC3)cc1F. The lowest BCUT2D eigenvalue weighted by Crippen LogP contribution is -2.41. The predicted molar refractivity (Wildman–Crippen MR) is 93.2 cm³/mol. The van der Waals surface area contributed by atoms with Gasteiger partial charge in [-0.25, -0.2) is 9.37 Å². The molecule has 0 unspecified atom stereocenters. The number of nitrogens with one attached hydrogen (secondary N) is 1. The van der Waals surface area contributed by atoms with Crippen LogP contribution in [0.2, 0.25) is 0 Å². The smallest absolute Gasteiger partial charge is 0.289 e. The summed E-state index contributed by atoms with van der Waals surface area (Å²) in [5, 5.41) is 2.73. The first kappa shape index (κ1) is 16.8. The third kappa shape index (κ3) is 3.34. The first-order valence-electron chi connectivity index (χ1n) is 8.91. The zero-order valence-electron chi connectivity index (χ0n) is 14.7. The van der Waals surface area contributed by atoms with Gasteiger partial charge in [0, 0.05) is 31.4 Å². The number of benzene rings is 1. The van der Waals surface area contributed by atoms with Crippen LogP contribution >= 0.6 is 0 Å². The fourth-order valence-corrected chi connectivity index (χ4v) is 3.16. The molecule has 0 atom stereocenters. The minimum atomic E-state index is -0.406. The highest BCUT2D eigenvalue weighted by Crippen LogP contribution is 2.30. The van der Waals surface area contributed by atoms with Crippen LogP contribution in [0.15, 0.2) is 24.4 Å². The van der Waals surface area contributed by atoms with Gasteiger partial charge in [-0.05, 0) is 43.4 Å². The summed E-state index contributed by atoms with van der Waals surface area (Å²) in [6.07, 6.45) is 4.21. The molecule has 7 heteroatoms. The van der Waals surface area contributed by atoms with Crippen LogP contribution in [0.25, 0.3) is 0 Å². The fourth-order valence-electron chi connectivity index (χ4n) is 3.16. The normalized spacial score (nSPS) is 16.5. The summed E-state index contributed by atoms with van der Waals surface area (Å²) in [5.74, 6) is 0.269. The summed E-state index contributed by atoms with van der Waals surface area (Å²) in [6.45, 7) is 4.09. The highest BCUT2D eigenvalue weighted by molar-refractivity contribution is 5.94. The minimum Gasteiger partial charge on any atom is -0.346 e. The Bertz CT molecular complexity index is 872. The molecule has 2 amide bonds. The highest BCUT2D eigenvalue weighted by Gasteiger charge is 2.31. The average Bonchev–Trinajstić information content (AvgIpc) is 3.34. The molecule has 2 aliphatic rings. The van der Waals surface area contributed by atoms with Crippen molar-refractivity contribution in [3.05, 3.63) is 52.9 Å². The van der Waals surface area contributed by atoms with Crippen LogP contribution in [0.3, 0.4) is 0 Å². The van der Waals surface area contributed by atoms with Gasteiger partial charge in [0.25, 0.3) is 11.8 Å². The topological polar surface area (TPSA) is 67.2 Å². The van der Waals surface area contributed by atoms with E-state index < -0.39 is 5.82 Å². The quantitative estimate of drug-likeness (QED) is 0.892. The molecule has 26 heavy (non-hydrogen) atoms. The van der Waals surface area contributed by atoms with E-state index in [0.29, 0.717) is 29.5 Å². The molecule has 0 spiro atoms. The van der Waals surface area contributed by atoms with E-state index in [0.717, 1.165) is 13.1 Å². The van der Waals surface area contributed by atoms with Gasteiger partial charge in [0.1, 0.15) is 5.82 Å². The number of aromatic nitrogens is 2. The predicted octanol–water partition coefficient (Wildman–Crippen LogP) is 2.13. The number of hydrogen-bond donors (Lipinski definition) is 1. The van der Waals surface area contributed by atoms with Crippen LogP contribution in [-0.2, 0) is 13.1 Å². The van der Waals surface area contributed by atoms with Gasteiger partial charge in [0.2, 0.25) is 0 Å². The molecule has 1 aliphatic carbocycles. The first-order chi connectivity index (χ1) is 12.5. The largest absolute Gasteiger partial charge is 0.346 e. The monoisotopic (exact) mass is 356 g/mol. The number of rotatable bonds is 5. The van der Waals surface area contributed by atoms with Crippen molar-refractivity contribution in [2.24, 2.45) is 5.92 Å². The number of fused-ring (bicyclic) bond motifs is 1. The number of amides is 2. The lowest BCUT2D eigenvalue weighted by Gasteiger charge is -2.27. The summed E-state index contributed by atoms with van der Waals surface area (Å²) >= 11 is 0. The number of hydrogen-bond acceptors (Lipinski definition) is 3. The molecule has 1 N–H and O–H groups in total. The van der Waals surface area contributed by atoms with Crippen molar-refractivity contribution in [3.8, 4) is 0 Å². The van der Waals surface area contributed by atoms with Crippen molar-refractivity contribution in [2.45, 2.75) is 32.9 Å². The van der Waals surface area contributed by atoms with Crippen molar-refractivity contribution in [3.63, 3.8) is 0 Å². The second-order valence-corrected chi connectivity index (χ2v) is 7.09. The van der Waals surface area contributed by atoms with Gasteiger partial charge in [-0.2, -0.15) is 0 Å². The molecule has 1 aromatic heterocycles. The third-order valence-electron chi connectivity index (χ3n) is 4.96. The molecule has 0 saturated heterocycles. The second kappa shape index (κ2) is 6.55. The zero-order valence-corrected chi connectivity index (χ0v) is 14.7. The summed E-state index contributed by atoms with van der Waals surface area (Å²) in [5.41, 5.74) is 1.39. The molecule has 2 aromatic rings. The molecule has 136 valence electrons. The Morgan fingerprint density at radius 3 is 2.88 bits per heavy atom. The molecule has 1 aromatic carbocycles. The molecule has 1 fully saturated rings. The van der Waals surface area contributed by atoms with E-state index in [2.05, 4.69) is 10.3 Å². The number of halogens is 1. The van der Waals surface area contributed by atoms with Gasteiger partial charge in [0.05, 0.1) is 12.2 Å². The highest BCUT2D eigenvalue weighted by atomic mass is 19.1. The Morgan fingerprint density at radius 2 is 2.15 bits per heavy atom. The lowest BCUT2D eigenvalue weighted by molar-refractivity contribution is 0.0688. The van der Waals surface area contributed by atoms with E-state index in [1.54, 1.807) is 25.3 Å². The number of carbonyl (C=O) groups is 2. The number of nitrogens with zero attached hydrogens (tertiary/aromatic N) is 3. The molecule has 4 rings (SSSR count). The third-order valence-corrected chi connectivity index (χ3v) is 4.96. The van der Waals surface area contributed by atoms with E-state index in [-0.39, 0.29) is 23.9 Å². The summed E-state index contributed by atoms with van der Waals surface area (Å²) in [6, 6.07) is 4.39. The Labute approximate surface area is 151 Å². The van der Waals surface area contributed by atoms with Crippen LogP contribution in [0, 0.1) is 18.7 Å². The van der Waals surface area contributed by atoms with E-state index in [1.165, 1.54) is 18.9 Å². The number of carbonyl (C=O) groups excluding carboxylic acids is 2. The molecule has 1 saturated carbocycles. The summed E-state index contributed by atoms with van der Waals surface area (Å²) in [7, 11) is 0. The van der Waals surface area contributed by atoms with Gasteiger partial charge >= 0.3 is 0 Å². The molecule has 0 radical (unpaired) electrons. The van der Waals surface area contributed by atoms with Crippen molar-refractivity contribution in [2.75, 3.05) is 13.1 Å². The standard InChI is InChI=1S/C19H21FN4O2/c1-12-2-5-14(8-16(12)20)18(25)21-9-15-11-23-6-7-24(10-13-3-4-13)19(26)17(23)22-15/h2,5,8,11,13H,3-4,6-7,9-10H2,1H3,(H,21,25). The second-order valence-electron chi connectivity index (χ2n) is 7.09. The van der Waals surface area contributed by atoms with Crippen LogP contribution < -0.4 is 5.32 Å². The lowest BCUT2D eigenvalue weighted by atomic mass is 10.1. The van der Waals surface area contributed by atoms with Gasteiger partial charge in [-0.1, -0.05) is 6.07 Å². The van der Waals surface area contributed by atoms with Gasteiger partial charge in [-0.15, -0.1) is 0 Å².